The summed E-state index contributed by atoms with van der Waals surface area (Å²) in [5.41, 5.74) is -0.181. The maximum Gasteiger partial charge on any atom is 0.288 e. The monoisotopic (exact) mass is 309 g/mol. The first-order valence-electron chi connectivity index (χ1n) is 5.81. The lowest BCUT2D eigenvalue weighted by molar-refractivity contribution is -0.384. The molecule has 0 saturated carbocycles. The minimum absolute atomic E-state index is 0.0736. The molecule has 2 rings (SSSR count). The second-order valence-electron chi connectivity index (χ2n) is 4.17. The number of ketones is 1. The maximum absolute atomic E-state index is 13.1. The van der Waals surface area contributed by atoms with Gasteiger partial charge in [0.1, 0.15) is 22.3 Å². The third-order valence-electron chi connectivity index (χ3n) is 2.66. The minimum Gasteiger partial charge on any atom is -0.457 e. The fourth-order valence-corrected chi connectivity index (χ4v) is 1.93. The molecule has 7 heteroatoms. The molecule has 0 atom stereocenters. The van der Waals surface area contributed by atoms with E-state index in [0.29, 0.717) is 0 Å². The van der Waals surface area contributed by atoms with Crippen molar-refractivity contribution < 1.29 is 18.8 Å². The summed E-state index contributed by atoms with van der Waals surface area (Å²) in [6.45, 7) is 1.28. The maximum atomic E-state index is 13.1. The minimum atomic E-state index is -0.620. The number of rotatable bonds is 4. The molecule has 0 heterocycles. The largest absolute Gasteiger partial charge is 0.457 e. The first-order chi connectivity index (χ1) is 9.88. The Morgan fingerprint density at radius 3 is 2.57 bits per heavy atom. The Hall–Kier alpha value is -2.47. The quantitative estimate of drug-likeness (QED) is 0.477. The number of nitrogens with zero attached hydrogens (tertiary/aromatic N) is 1. The van der Waals surface area contributed by atoms with Crippen LogP contribution in [0.2, 0.25) is 5.02 Å². The van der Waals surface area contributed by atoms with E-state index in [1.807, 2.05) is 0 Å². The van der Waals surface area contributed by atoms with Gasteiger partial charge in [-0.1, -0.05) is 11.6 Å². The molecule has 0 saturated heterocycles. The van der Waals surface area contributed by atoms with Gasteiger partial charge in [0.25, 0.3) is 5.69 Å². The zero-order chi connectivity index (χ0) is 15.6. The Morgan fingerprint density at radius 2 is 2.00 bits per heavy atom. The van der Waals surface area contributed by atoms with Crippen LogP contribution in [-0.2, 0) is 0 Å². The molecule has 0 aliphatic carbocycles. The van der Waals surface area contributed by atoms with E-state index < -0.39 is 10.7 Å². The lowest BCUT2D eigenvalue weighted by atomic mass is 10.1. The molecule has 108 valence electrons. The van der Waals surface area contributed by atoms with Gasteiger partial charge in [0.15, 0.2) is 5.78 Å². The van der Waals surface area contributed by atoms with Gasteiger partial charge < -0.3 is 4.74 Å². The van der Waals surface area contributed by atoms with E-state index in [9.17, 15) is 19.3 Å². The Balaban J connectivity index is 2.37. The Morgan fingerprint density at radius 1 is 1.29 bits per heavy atom. The highest BCUT2D eigenvalue weighted by Gasteiger charge is 2.15. The second kappa shape index (κ2) is 5.88. The van der Waals surface area contributed by atoms with Gasteiger partial charge in [0.2, 0.25) is 0 Å². The molecule has 5 nitrogen and oxygen atoms in total. The van der Waals surface area contributed by atoms with Crippen molar-refractivity contribution in [2.45, 2.75) is 6.92 Å². The summed E-state index contributed by atoms with van der Waals surface area (Å²) >= 11 is 5.77. The number of carbonyl (C=O) groups is 1. The number of Topliss-reactive ketones (excluding diaryl/α,β-unsaturated/α-hetero) is 1. The van der Waals surface area contributed by atoms with E-state index in [2.05, 4.69) is 0 Å². The van der Waals surface area contributed by atoms with Crippen LogP contribution in [0.15, 0.2) is 36.4 Å². The standard InChI is InChI=1S/C14H9ClFNO4/c1-8(18)11-6-9(16)2-5-14(11)21-10-3-4-13(17(19)20)12(15)7-10/h2-7H,1H3. The number of carbonyl (C=O) groups excluding carboxylic acids is 1. The summed E-state index contributed by atoms with van der Waals surface area (Å²) in [7, 11) is 0. The van der Waals surface area contributed by atoms with Gasteiger partial charge in [-0.25, -0.2) is 4.39 Å². The second-order valence-corrected chi connectivity index (χ2v) is 4.58. The fraction of sp³-hybridized carbons (Fsp3) is 0.0714. The fourth-order valence-electron chi connectivity index (χ4n) is 1.69. The molecule has 2 aromatic rings. The third-order valence-corrected chi connectivity index (χ3v) is 2.97. The van der Waals surface area contributed by atoms with Crippen molar-refractivity contribution in [3.05, 3.63) is 62.9 Å². The van der Waals surface area contributed by atoms with Crippen LogP contribution in [0, 0.1) is 15.9 Å². The van der Waals surface area contributed by atoms with Crippen molar-refractivity contribution in [3.8, 4) is 11.5 Å². The van der Waals surface area contributed by atoms with Gasteiger partial charge in [-0.05, 0) is 31.2 Å². The van der Waals surface area contributed by atoms with Gasteiger partial charge in [-0.3, -0.25) is 14.9 Å². The SMILES string of the molecule is CC(=O)c1cc(F)ccc1Oc1ccc([N+](=O)[O-])c(Cl)c1. The predicted molar refractivity (Wildman–Crippen MR) is 74.6 cm³/mol. The van der Waals surface area contributed by atoms with Crippen LogP contribution in [0.1, 0.15) is 17.3 Å². The van der Waals surface area contributed by atoms with Crippen LogP contribution in [0.4, 0.5) is 10.1 Å². The van der Waals surface area contributed by atoms with Gasteiger partial charge >= 0.3 is 0 Å². The van der Waals surface area contributed by atoms with Crippen molar-refractivity contribution in [2.75, 3.05) is 0 Å². The van der Waals surface area contributed by atoms with Gasteiger partial charge in [-0.2, -0.15) is 0 Å². The van der Waals surface area contributed by atoms with E-state index >= 15 is 0 Å². The summed E-state index contributed by atoms with van der Waals surface area (Å²) in [5.74, 6) is -0.569. The van der Waals surface area contributed by atoms with Crippen LogP contribution in [0.25, 0.3) is 0 Å². The van der Waals surface area contributed by atoms with Crippen molar-refractivity contribution in [2.24, 2.45) is 0 Å². The normalized spacial score (nSPS) is 10.2. The van der Waals surface area contributed by atoms with Gasteiger partial charge in [-0.15, -0.1) is 0 Å². The topological polar surface area (TPSA) is 69.4 Å². The van der Waals surface area contributed by atoms with Crippen molar-refractivity contribution in [1.29, 1.82) is 0 Å². The molecule has 0 amide bonds. The van der Waals surface area contributed by atoms with Crippen molar-refractivity contribution >= 4 is 23.1 Å². The van der Waals surface area contributed by atoms with Gasteiger partial charge in [0.05, 0.1) is 10.5 Å². The van der Waals surface area contributed by atoms with Crippen LogP contribution >= 0.6 is 11.6 Å². The van der Waals surface area contributed by atoms with Crippen LogP contribution in [0.3, 0.4) is 0 Å². The molecular weight excluding hydrogens is 301 g/mol. The molecule has 0 fully saturated rings. The molecule has 0 bridgehead atoms. The Labute approximate surface area is 124 Å². The summed E-state index contributed by atoms with van der Waals surface area (Å²) in [6.07, 6.45) is 0. The van der Waals surface area contributed by atoms with E-state index in [1.165, 1.54) is 31.2 Å². The van der Waals surface area contributed by atoms with E-state index in [1.54, 1.807) is 0 Å². The van der Waals surface area contributed by atoms with E-state index in [0.717, 1.165) is 12.1 Å². The van der Waals surface area contributed by atoms with E-state index in [4.69, 9.17) is 16.3 Å². The van der Waals surface area contributed by atoms with Crippen molar-refractivity contribution in [1.82, 2.24) is 0 Å². The molecule has 0 aliphatic rings. The summed E-state index contributed by atoms with van der Waals surface area (Å²) in [5, 5.41) is 10.6. The first kappa shape index (κ1) is 14.9. The van der Waals surface area contributed by atoms with Crippen LogP contribution in [0.5, 0.6) is 11.5 Å². The third kappa shape index (κ3) is 3.35. The average Bonchev–Trinajstić information content (AvgIpc) is 2.40. The molecule has 2 aromatic carbocycles. The molecule has 0 aromatic heterocycles. The number of hydrogen-bond donors (Lipinski definition) is 0. The number of nitro groups is 1. The number of benzene rings is 2. The predicted octanol–water partition coefficient (Wildman–Crippen LogP) is 4.38. The summed E-state index contributed by atoms with van der Waals surface area (Å²) < 4.78 is 18.6. The summed E-state index contributed by atoms with van der Waals surface area (Å²) in [4.78, 5) is 21.5. The number of ether oxygens (including phenoxy) is 1. The summed E-state index contributed by atoms with van der Waals surface area (Å²) in [6, 6.07) is 7.31. The smallest absolute Gasteiger partial charge is 0.288 e. The highest BCUT2D eigenvalue weighted by Crippen LogP contribution is 2.32. The highest BCUT2D eigenvalue weighted by molar-refractivity contribution is 6.32. The van der Waals surface area contributed by atoms with Crippen LogP contribution < -0.4 is 4.74 Å². The van der Waals surface area contributed by atoms with Gasteiger partial charge in [0, 0.05) is 12.1 Å². The zero-order valence-electron chi connectivity index (χ0n) is 10.8. The zero-order valence-corrected chi connectivity index (χ0v) is 11.6. The van der Waals surface area contributed by atoms with Crippen molar-refractivity contribution in [3.63, 3.8) is 0 Å². The lowest BCUT2D eigenvalue weighted by Gasteiger charge is -2.09. The number of halogens is 2. The average molecular weight is 310 g/mol. The van der Waals surface area contributed by atoms with Crippen LogP contribution in [-0.4, -0.2) is 10.7 Å². The van der Waals surface area contributed by atoms with E-state index in [-0.39, 0.29) is 33.6 Å². The number of nitro benzene ring substituents is 1. The lowest BCUT2D eigenvalue weighted by Crippen LogP contribution is -1.98. The Kier molecular flexibility index (Phi) is 4.18. The molecule has 0 unspecified atom stereocenters. The molecule has 21 heavy (non-hydrogen) atoms. The molecular formula is C14H9ClFNO4. The highest BCUT2D eigenvalue weighted by atomic mass is 35.5. The number of hydrogen-bond acceptors (Lipinski definition) is 4. The molecule has 0 radical (unpaired) electrons. The molecule has 0 N–H and O–H groups in total. The Bertz CT molecular complexity index is 733. The molecule has 0 spiro atoms. The molecule has 0 aliphatic heterocycles. The first-order valence-corrected chi connectivity index (χ1v) is 6.18.